The fraction of sp³-hybridized carbons (Fsp3) is 0.538. The van der Waals surface area contributed by atoms with Crippen molar-refractivity contribution in [2.75, 3.05) is 31.7 Å². The summed E-state index contributed by atoms with van der Waals surface area (Å²) in [4.78, 5) is 2.33. The van der Waals surface area contributed by atoms with Crippen LogP contribution < -0.4 is 10.5 Å². The largest absolute Gasteiger partial charge is 0.496 e. The average molecular weight is 268 g/mol. The summed E-state index contributed by atoms with van der Waals surface area (Å²) in [6.07, 6.45) is 0. The summed E-state index contributed by atoms with van der Waals surface area (Å²) in [7, 11) is 1.06. The molecule has 0 aliphatic carbocycles. The van der Waals surface area contributed by atoms with Gasteiger partial charge in [-0.1, -0.05) is 12.1 Å². The van der Waals surface area contributed by atoms with Gasteiger partial charge in [0.25, 0.3) is 0 Å². The zero-order chi connectivity index (χ0) is 13.0. The molecule has 1 saturated heterocycles. The van der Waals surface area contributed by atoms with Crippen molar-refractivity contribution >= 4 is 10.8 Å². The number of methoxy groups -OCH3 is 1. The number of ether oxygens (including phenoxy) is 1. The van der Waals surface area contributed by atoms with Gasteiger partial charge in [-0.25, -0.2) is 0 Å². The first-order chi connectivity index (χ1) is 8.72. The summed E-state index contributed by atoms with van der Waals surface area (Å²) < 4.78 is 16.6. The zero-order valence-electron chi connectivity index (χ0n) is 10.7. The van der Waals surface area contributed by atoms with E-state index in [2.05, 4.69) is 11.0 Å². The van der Waals surface area contributed by atoms with Crippen LogP contribution in [0.3, 0.4) is 0 Å². The molecule has 2 N–H and O–H groups in total. The molecule has 0 unspecified atom stereocenters. The summed E-state index contributed by atoms with van der Waals surface area (Å²) in [5.41, 5.74) is 7.90. The Balaban J connectivity index is 2.03. The number of rotatable bonds is 4. The summed E-state index contributed by atoms with van der Waals surface area (Å²) in [5.74, 6) is 2.44. The van der Waals surface area contributed by atoms with Gasteiger partial charge in [0.2, 0.25) is 0 Å². The van der Waals surface area contributed by atoms with Gasteiger partial charge < -0.3 is 10.5 Å². The first-order valence-corrected chi connectivity index (χ1v) is 7.65. The van der Waals surface area contributed by atoms with Crippen LogP contribution in [-0.4, -0.2) is 40.8 Å². The van der Waals surface area contributed by atoms with Gasteiger partial charge in [-0.15, -0.1) is 0 Å². The molecule has 4 nitrogen and oxygen atoms in total. The van der Waals surface area contributed by atoms with Crippen LogP contribution in [0.4, 0.5) is 0 Å². The van der Waals surface area contributed by atoms with Crippen molar-refractivity contribution < 1.29 is 8.95 Å². The Hall–Kier alpha value is -0.910. The smallest absolute Gasteiger partial charge is 0.123 e. The van der Waals surface area contributed by atoms with Crippen LogP contribution in [0.5, 0.6) is 5.75 Å². The van der Waals surface area contributed by atoms with Crippen LogP contribution in [0.1, 0.15) is 11.1 Å². The first-order valence-electron chi connectivity index (χ1n) is 6.16. The van der Waals surface area contributed by atoms with Crippen LogP contribution in [0.25, 0.3) is 0 Å². The molecule has 1 aromatic carbocycles. The molecule has 1 aliphatic heterocycles. The maximum absolute atomic E-state index is 11.3. The standard InChI is InChI=1S/C13H20N2O2S/c1-17-13-8-11(2-3-12(13)9-14)10-15-4-6-18(16)7-5-15/h2-3,8H,4-7,9-10,14H2,1H3. The molecule has 0 amide bonds. The number of hydrogen-bond acceptors (Lipinski definition) is 4. The predicted octanol–water partition coefficient (Wildman–Crippen LogP) is 0.718. The van der Waals surface area contributed by atoms with Gasteiger partial charge in [-0.2, -0.15) is 0 Å². The molecule has 0 atom stereocenters. The lowest BCUT2D eigenvalue weighted by atomic mass is 10.1. The Bertz CT molecular complexity index is 427. The topological polar surface area (TPSA) is 55.6 Å². The highest BCUT2D eigenvalue weighted by Crippen LogP contribution is 2.21. The van der Waals surface area contributed by atoms with Crippen LogP contribution in [-0.2, 0) is 23.9 Å². The van der Waals surface area contributed by atoms with E-state index in [9.17, 15) is 4.21 Å². The Labute approximate surface area is 111 Å². The zero-order valence-corrected chi connectivity index (χ0v) is 11.5. The van der Waals surface area contributed by atoms with E-state index in [0.29, 0.717) is 6.54 Å². The van der Waals surface area contributed by atoms with E-state index in [4.69, 9.17) is 10.5 Å². The lowest BCUT2D eigenvalue weighted by Crippen LogP contribution is -2.37. The second kappa shape index (κ2) is 6.31. The SMILES string of the molecule is COc1cc(CN2CCS(=O)CC2)ccc1CN. The van der Waals surface area contributed by atoms with E-state index in [1.54, 1.807) is 7.11 Å². The second-order valence-corrected chi connectivity index (χ2v) is 6.17. The fourth-order valence-corrected chi connectivity index (χ4v) is 3.28. The minimum Gasteiger partial charge on any atom is -0.496 e. The summed E-state index contributed by atoms with van der Waals surface area (Å²) in [6.45, 7) is 3.20. The number of nitrogens with two attached hydrogens (primary N) is 1. The Kier molecular flexibility index (Phi) is 4.74. The maximum Gasteiger partial charge on any atom is 0.123 e. The number of nitrogens with zero attached hydrogens (tertiary/aromatic N) is 1. The molecule has 100 valence electrons. The maximum atomic E-state index is 11.3. The molecule has 1 heterocycles. The van der Waals surface area contributed by atoms with Crippen molar-refractivity contribution in [2.45, 2.75) is 13.1 Å². The van der Waals surface area contributed by atoms with Gasteiger partial charge in [0, 0.05) is 54.0 Å². The second-order valence-electron chi connectivity index (χ2n) is 4.47. The van der Waals surface area contributed by atoms with E-state index in [0.717, 1.165) is 42.5 Å². The lowest BCUT2D eigenvalue weighted by Gasteiger charge is -2.26. The Morgan fingerprint density at radius 2 is 2.11 bits per heavy atom. The molecule has 0 saturated carbocycles. The van der Waals surface area contributed by atoms with Crippen LogP contribution >= 0.6 is 0 Å². The van der Waals surface area contributed by atoms with Crippen LogP contribution in [0, 0.1) is 0 Å². The van der Waals surface area contributed by atoms with Gasteiger partial charge >= 0.3 is 0 Å². The number of benzene rings is 1. The molecule has 0 bridgehead atoms. The third-order valence-electron chi connectivity index (χ3n) is 3.25. The van der Waals surface area contributed by atoms with E-state index in [-0.39, 0.29) is 0 Å². The molecular weight excluding hydrogens is 248 g/mol. The van der Waals surface area contributed by atoms with Crippen molar-refractivity contribution in [3.8, 4) is 5.75 Å². The average Bonchev–Trinajstić information content (AvgIpc) is 2.41. The normalized spacial score (nSPS) is 17.9. The molecule has 0 radical (unpaired) electrons. The molecule has 1 aliphatic rings. The molecule has 0 aromatic heterocycles. The van der Waals surface area contributed by atoms with Gasteiger partial charge in [-0.05, 0) is 11.6 Å². The van der Waals surface area contributed by atoms with Crippen molar-refractivity contribution in [2.24, 2.45) is 5.73 Å². The van der Waals surface area contributed by atoms with Gasteiger partial charge in [0.05, 0.1) is 7.11 Å². The molecular formula is C13H20N2O2S. The van der Waals surface area contributed by atoms with Crippen LogP contribution in [0.15, 0.2) is 18.2 Å². The molecule has 2 rings (SSSR count). The van der Waals surface area contributed by atoms with Gasteiger partial charge in [-0.3, -0.25) is 9.11 Å². The van der Waals surface area contributed by atoms with Gasteiger partial charge in [0.15, 0.2) is 0 Å². The summed E-state index contributed by atoms with van der Waals surface area (Å²) in [6, 6.07) is 6.17. The van der Waals surface area contributed by atoms with E-state index >= 15 is 0 Å². The van der Waals surface area contributed by atoms with Gasteiger partial charge in [0.1, 0.15) is 5.75 Å². The predicted molar refractivity (Wildman–Crippen MR) is 74.0 cm³/mol. The highest BCUT2D eigenvalue weighted by Gasteiger charge is 2.15. The third kappa shape index (κ3) is 3.31. The summed E-state index contributed by atoms with van der Waals surface area (Å²) in [5, 5.41) is 0. The van der Waals surface area contributed by atoms with Crippen molar-refractivity contribution in [1.82, 2.24) is 4.90 Å². The van der Waals surface area contributed by atoms with Crippen LogP contribution in [0.2, 0.25) is 0 Å². The van der Waals surface area contributed by atoms with E-state index in [1.807, 2.05) is 12.1 Å². The fourth-order valence-electron chi connectivity index (χ4n) is 2.15. The first kappa shape index (κ1) is 13.5. The highest BCUT2D eigenvalue weighted by atomic mass is 32.2. The molecule has 5 heteroatoms. The quantitative estimate of drug-likeness (QED) is 0.874. The summed E-state index contributed by atoms with van der Waals surface area (Å²) >= 11 is 0. The molecule has 0 spiro atoms. The van der Waals surface area contributed by atoms with E-state index in [1.165, 1.54) is 5.56 Å². The Morgan fingerprint density at radius 3 is 2.72 bits per heavy atom. The minimum atomic E-state index is -0.613. The third-order valence-corrected chi connectivity index (χ3v) is 4.52. The number of hydrogen-bond donors (Lipinski definition) is 1. The minimum absolute atomic E-state index is 0.492. The molecule has 1 aromatic rings. The van der Waals surface area contributed by atoms with Crippen molar-refractivity contribution in [3.05, 3.63) is 29.3 Å². The monoisotopic (exact) mass is 268 g/mol. The molecule has 1 fully saturated rings. The lowest BCUT2D eigenvalue weighted by molar-refractivity contribution is 0.291. The molecule has 18 heavy (non-hydrogen) atoms. The van der Waals surface area contributed by atoms with E-state index < -0.39 is 10.8 Å². The van der Waals surface area contributed by atoms with Crippen molar-refractivity contribution in [1.29, 1.82) is 0 Å². The highest BCUT2D eigenvalue weighted by molar-refractivity contribution is 7.85. The Morgan fingerprint density at radius 1 is 1.39 bits per heavy atom. The van der Waals surface area contributed by atoms with Crippen molar-refractivity contribution in [3.63, 3.8) is 0 Å².